The molecule has 0 radical (unpaired) electrons. The van der Waals surface area contributed by atoms with Crippen LogP contribution in [0.3, 0.4) is 0 Å². The van der Waals surface area contributed by atoms with Crippen molar-refractivity contribution in [3.05, 3.63) is 41.5 Å². The third-order valence-corrected chi connectivity index (χ3v) is 8.82. The van der Waals surface area contributed by atoms with Gasteiger partial charge in [-0.3, -0.25) is 0 Å². The van der Waals surface area contributed by atoms with E-state index in [9.17, 15) is 9.18 Å². The first-order valence-electron chi connectivity index (χ1n) is 12.9. The zero-order chi connectivity index (χ0) is 25.4. The number of anilines is 2. The summed E-state index contributed by atoms with van der Waals surface area (Å²) in [6, 6.07) is 6.25. The summed E-state index contributed by atoms with van der Waals surface area (Å²) >= 11 is 0. The number of amides is 1. The summed E-state index contributed by atoms with van der Waals surface area (Å²) in [5.41, 5.74) is 0.930. The molecule has 192 valence electrons. The minimum atomic E-state index is -0.522. The molecular formula is C27H28FN5O4. The molecule has 9 nitrogen and oxygen atoms in total. The van der Waals surface area contributed by atoms with Gasteiger partial charge in [-0.15, -0.1) is 0 Å². The van der Waals surface area contributed by atoms with Crippen molar-refractivity contribution in [3.8, 4) is 11.9 Å². The second-order valence-electron chi connectivity index (χ2n) is 11.4. The van der Waals surface area contributed by atoms with Crippen molar-refractivity contribution in [2.45, 2.75) is 50.2 Å². The minimum absolute atomic E-state index is 0.104. The van der Waals surface area contributed by atoms with Crippen LogP contribution in [0, 0.1) is 34.4 Å². The van der Waals surface area contributed by atoms with Crippen LogP contribution in [0.5, 0.6) is 5.88 Å². The minimum Gasteiger partial charge on any atom is -0.473 e. The Balaban J connectivity index is 1.13. The highest BCUT2D eigenvalue weighted by atomic mass is 19.1. The summed E-state index contributed by atoms with van der Waals surface area (Å²) in [6.45, 7) is 4.39. The molecule has 1 aromatic carbocycles. The van der Waals surface area contributed by atoms with E-state index in [-0.39, 0.29) is 52.2 Å². The monoisotopic (exact) mass is 505 g/mol. The average molecular weight is 506 g/mol. The molecule has 3 aliphatic carbocycles. The summed E-state index contributed by atoms with van der Waals surface area (Å²) < 4.78 is 32.8. The van der Waals surface area contributed by atoms with E-state index in [1.807, 2.05) is 17.9 Å². The van der Waals surface area contributed by atoms with Gasteiger partial charge in [0, 0.05) is 30.3 Å². The smallest absolute Gasteiger partial charge is 0.410 e. The molecule has 4 atom stereocenters. The number of ether oxygens (including phenoxy) is 3. The summed E-state index contributed by atoms with van der Waals surface area (Å²) in [5.74, 6) is 1.03. The quantitative estimate of drug-likeness (QED) is 0.624. The molecular weight excluding hydrogens is 477 g/mol. The van der Waals surface area contributed by atoms with Gasteiger partial charge < -0.3 is 24.4 Å². The van der Waals surface area contributed by atoms with Crippen LogP contribution in [0.25, 0.3) is 0 Å². The van der Waals surface area contributed by atoms with E-state index in [0.29, 0.717) is 38.0 Å². The van der Waals surface area contributed by atoms with Crippen LogP contribution in [0.15, 0.2) is 24.5 Å². The number of carbonyl (C=O) groups is 1. The van der Waals surface area contributed by atoms with Gasteiger partial charge in [-0.05, 0) is 56.7 Å². The lowest BCUT2D eigenvalue weighted by Gasteiger charge is -2.51. The summed E-state index contributed by atoms with van der Waals surface area (Å²) in [6.07, 6.45) is 4.84. The van der Waals surface area contributed by atoms with E-state index >= 15 is 0 Å². The number of halogens is 1. The van der Waals surface area contributed by atoms with Crippen LogP contribution in [-0.2, 0) is 9.47 Å². The van der Waals surface area contributed by atoms with Crippen molar-refractivity contribution in [3.63, 3.8) is 0 Å². The number of hydrogen-bond donors (Lipinski definition) is 1. The van der Waals surface area contributed by atoms with Gasteiger partial charge in [0.25, 0.3) is 0 Å². The molecule has 5 aliphatic rings. The molecule has 2 aromatic rings. The molecule has 10 heteroatoms. The van der Waals surface area contributed by atoms with Gasteiger partial charge in [-0.2, -0.15) is 5.26 Å². The van der Waals surface area contributed by atoms with E-state index < -0.39 is 5.82 Å². The first-order chi connectivity index (χ1) is 17.9. The van der Waals surface area contributed by atoms with Gasteiger partial charge in [0.05, 0.1) is 36.1 Å². The number of nitriles is 1. The molecule has 4 unspecified atom stereocenters. The highest BCUT2D eigenvalue weighted by Crippen LogP contribution is 2.61. The van der Waals surface area contributed by atoms with Crippen LogP contribution >= 0.6 is 0 Å². The largest absolute Gasteiger partial charge is 0.473 e. The van der Waals surface area contributed by atoms with Gasteiger partial charge in [0.15, 0.2) is 0 Å². The molecule has 0 bridgehead atoms. The number of benzene rings is 1. The Morgan fingerprint density at radius 1 is 1.30 bits per heavy atom. The Kier molecular flexibility index (Phi) is 4.93. The van der Waals surface area contributed by atoms with Crippen molar-refractivity contribution >= 4 is 17.6 Å². The van der Waals surface area contributed by atoms with Gasteiger partial charge >= 0.3 is 6.09 Å². The number of nitrogens with zero attached hydrogens (tertiary/aromatic N) is 4. The lowest BCUT2D eigenvalue weighted by molar-refractivity contribution is -0.102. The van der Waals surface area contributed by atoms with E-state index in [4.69, 9.17) is 19.5 Å². The first-order valence-corrected chi connectivity index (χ1v) is 12.9. The van der Waals surface area contributed by atoms with Crippen molar-refractivity contribution in [2.24, 2.45) is 17.3 Å². The van der Waals surface area contributed by atoms with Crippen LogP contribution in [0.4, 0.5) is 20.7 Å². The van der Waals surface area contributed by atoms with E-state index in [2.05, 4.69) is 15.3 Å². The third-order valence-electron chi connectivity index (χ3n) is 8.82. The van der Waals surface area contributed by atoms with Crippen molar-refractivity contribution in [1.29, 1.82) is 5.26 Å². The standard InChI is InChI=1S/C27H28FN5O4/c1-26(6-7-26)37-25(34)33-10-17-22(18-11-35-13-27(17,18)12-33)36-24-21(16-3-4-16)23(30-14-31-24)32-20-5-2-15(9-29)8-19(20)28/h2,5,8,14,16-18,22H,3-4,6-7,10-13H2,1H3,(H,30,31,32). The highest BCUT2D eigenvalue weighted by Gasteiger charge is 2.70. The highest BCUT2D eigenvalue weighted by molar-refractivity contribution is 5.69. The number of likely N-dealkylation sites (tertiary alicyclic amines) is 1. The summed E-state index contributed by atoms with van der Waals surface area (Å²) in [5, 5.41) is 12.1. The molecule has 1 spiro atoms. The van der Waals surface area contributed by atoms with Gasteiger partial charge in [-0.25, -0.2) is 19.2 Å². The maximum atomic E-state index is 14.6. The Hall–Kier alpha value is -3.45. The van der Waals surface area contributed by atoms with Crippen molar-refractivity contribution < 1.29 is 23.4 Å². The molecule has 5 fully saturated rings. The fourth-order valence-electron chi connectivity index (χ4n) is 6.28. The zero-order valence-electron chi connectivity index (χ0n) is 20.6. The van der Waals surface area contributed by atoms with Crippen LogP contribution in [0.2, 0.25) is 0 Å². The molecule has 3 saturated carbocycles. The van der Waals surface area contributed by atoms with Crippen molar-refractivity contribution in [2.75, 3.05) is 31.6 Å². The maximum Gasteiger partial charge on any atom is 0.410 e. The molecule has 7 rings (SSSR count). The molecule has 2 aliphatic heterocycles. The van der Waals surface area contributed by atoms with Crippen LogP contribution in [-0.4, -0.2) is 59.0 Å². The molecule has 3 heterocycles. The van der Waals surface area contributed by atoms with Crippen LogP contribution < -0.4 is 10.1 Å². The predicted octanol–water partition coefficient (Wildman–Crippen LogP) is 4.12. The molecule has 1 amide bonds. The Morgan fingerprint density at radius 2 is 2.14 bits per heavy atom. The molecule has 2 saturated heterocycles. The fourth-order valence-corrected chi connectivity index (χ4v) is 6.28. The van der Waals surface area contributed by atoms with Crippen LogP contribution in [0.1, 0.15) is 49.7 Å². The number of nitrogens with one attached hydrogen (secondary N) is 1. The second-order valence-corrected chi connectivity index (χ2v) is 11.4. The molecule has 1 N–H and O–H groups in total. The van der Waals surface area contributed by atoms with Crippen molar-refractivity contribution in [1.82, 2.24) is 14.9 Å². The topological polar surface area (TPSA) is 110 Å². The normalized spacial score (nSPS) is 30.5. The number of aromatic nitrogens is 2. The Morgan fingerprint density at radius 3 is 2.86 bits per heavy atom. The van der Waals surface area contributed by atoms with E-state index in [1.54, 1.807) is 6.07 Å². The summed E-state index contributed by atoms with van der Waals surface area (Å²) in [7, 11) is 0. The average Bonchev–Trinajstić information content (AvgIpc) is 3.80. The first kappa shape index (κ1) is 22.7. The second kappa shape index (κ2) is 8.02. The lowest BCUT2D eigenvalue weighted by Crippen LogP contribution is -2.61. The number of hydrogen-bond acceptors (Lipinski definition) is 8. The Bertz CT molecular complexity index is 1320. The zero-order valence-corrected chi connectivity index (χ0v) is 20.6. The molecule has 37 heavy (non-hydrogen) atoms. The van der Waals surface area contributed by atoms with E-state index in [0.717, 1.165) is 31.2 Å². The Labute approximate surface area is 213 Å². The number of rotatable bonds is 6. The van der Waals surface area contributed by atoms with Gasteiger partial charge in [0.2, 0.25) is 5.88 Å². The lowest BCUT2D eigenvalue weighted by atomic mass is 9.54. The van der Waals surface area contributed by atoms with Gasteiger partial charge in [0.1, 0.15) is 29.7 Å². The maximum absolute atomic E-state index is 14.6. The summed E-state index contributed by atoms with van der Waals surface area (Å²) in [4.78, 5) is 23.6. The predicted molar refractivity (Wildman–Crippen MR) is 129 cm³/mol. The SMILES string of the molecule is CC1(OC(=O)N2CC3C(Oc4ncnc(Nc5ccc(C#N)cc5F)c4C4CC4)C4COCC43C2)CC1. The third kappa shape index (κ3) is 3.71. The number of carbonyl (C=O) groups excluding carboxylic acids is 1. The molecule has 1 aromatic heterocycles. The fraction of sp³-hybridized carbons (Fsp3) is 0.556. The van der Waals surface area contributed by atoms with Gasteiger partial charge in [-0.1, -0.05) is 0 Å². The van der Waals surface area contributed by atoms with E-state index in [1.165, 1.54) is 18.5 Å².